The quantitative estimate of drug-likeness (QED) is 0.156. The van der Waals surface area contributed by atoms with Gasteiger partial charge in [-0.2, -0.15) is 0 Å². The molecule has 5 rings (SSSR count). The maximum Gasteiger partial charge on any atom is 0.256 e. The van der Waals surface area contributed by atoms with Crippen LogP contribution in [0.3, 0.4) is 0 Å². The van der Waals surface area contributed by atoms with Gasteiger partial charge in [0.15, 0.2) is 0 Å². The van der Waals surface area contributed by atoms with E-state index in [1.807, 2.05) is 51.1 Å². The third-order valence-corrected chi connectivity index (χ3v) is 9.03. The first-order valence-electron chi connectivity index (χ1n) is 15.4. The summed E-state index contributed by atoms with van der Waals surface area (Å²) in [5, 5.41) is 5.91. The molecule has 9 heteroatoms. The van der Waals surface area contributed by atoms with Gasteiger partial charge in [0.2, 0.25) is 0 Å². The SMILES string of the molecule is CC.CCN(CC)CCNC(=O)c1c(C)[nH]c(/C=C2\C(=O)Nc3ccc(S(=O)Cc4ccccc4)cc32)c1-c1ccc(F)cc1. The fourth-order valence-corrected chi connectivity index (χ4v) is 6.45. The first-order valence-corrected chi connectivity index (χ1v) is 16.7. The third-order valence-electron chi connectivity index (χ3n) is 7.65. The molecule has 1 aliphatic rings. The normalized spacial score (nSPS) is 13.7. The van der Waals surface area contributed by atoms with Crippen molar-refractivity contribution in [2.45, 2.75) is 45.3 Å². The number of aromatic nitrogens is 1. The van der Waals surface area contributed by atoms with Gasteiger partial charge in [-0.3, -0.25) is 13.8 Å². The van der Waals surface area contributed by atoms with E-state index in [0.29, 0.717) is 62.1 Å². The van der Waals surface area contributed by atoms with E-state index in [1.54, 1.807) is 36.4 Å². The third kappa shape index (κ3) is 7.85. The number of anilines is 1. The minimum Gasteiger partial charge on any atom is -0.358 e. The molecule has 7 nitrogen and oxygen atoms in total. The predicted octanol–water partition coefficient (Wildman–Crippen LogP) is 7.03. The van der Waals surface area contributed by atoms with Crippen LogP contribution in [0.5, 0.6) is 0 Å². The number of hydrogen-bond acceptors (Lipinski definition) is 4. The number of nitrogens with zero attached hydrogens (tertiary/aromatic N) is 1. The summed E-state index contributed by atoms with van der Waals surface area (Å²) in [6.07, 6.45) is 1.71. The van der Waals surface area contributed by atoms with E-state index in [4.69, 9.17) is 0 Å². The van der Waals surface area contributed by atoms with Gasteiger partial charge < -0.3 is 20.5 Å². The minimum atomic E-state index is -1.32. The fraction of sp³-hybridized carbons (Fsp3) is 0.278. The number of carbonyl (C=O) groups excluding carboxylic acids is 2. The average molecular weight is 629 g/mol. The number of H-pyrrole nitrogens is 1. The first-order chi connectivity index (χ1) is 21.8. The summed E-state index contributed by atoms with van der Waals surface area (Å²) < 4.78 is 27.1. The Balaban J connectivity index is 0.00000226. The fourth-order valence-electron chi connectivity index (χ4n) is 5.32. The van der Waals surface area contributed by atoms with Gasteiger partial charge in [0.1, 0.15) is 5.82 Å². The highest BCUT2D eigenvalue weighted by Gasteiger charge is 2.28. The van der Waals surface area contributed by atoms with E-state index >= 15 is 0 Å². The van der Waals surface area contributed by atoms with E-state index in [9.17, 15) is 18.2 Å². The molecule has 0 saturated carbocycles. The smallest absolute Gasteiger partial charge is 0.256 e. The molecule has 3 N–H and O–H groups in total. The Kier molecular flexibility index (Phi) is 11.6. The molecule has 0 saturated heterocycles. The van der Waals surface area contributed by atoms with Crippen molar-refractivity contribution in [2.24, 2.45) is 0 Å². The van der Waals surface area contributed by atoms with Gasteiger partial charge in [0.25, 0.3) is 11.8 Å². The van der Waals surface area contributed by atoms with E-state index in [0.717, 1.165) is 25.2 Å². The molecule has 0 spiro atoms. The van der Waals surface area contributed by atoms with Crippen LogP contribution in [0.25, 0.3) is 22.8 Å². The Morgan fingerprint density at radius 1 is 1.00 bits per heavy atom. The van der Waals surface area contributed by atoms with Crippen molar-refractivity contribution in [2.75, 3.05) is 31.5 Å². The molecular weight excluding hydrogens is 587 g/mol. The summed E-state index contributed by atoms with van der Waals surface area (Å²) in [6, 6.07) is 20.9. The summed E-state index contributed by atoms with van der Waals surface area (Å²) >= 11 is 0. The number of fused-ring (bicyclic) bond motifs is 1. The van der Waals surface area contributed by atoms with Crippen LogP contribution in [-0.2, 0) is 21.3 Å². The second kappa shape index (κ2) is 15.6. The molecular formula is C36H41FN4O3S. The van der Waals surface area contributed by atoms with Crippen molar-refractivity contribution in [3.63, 3.8) is 0 Å². The monoisotopic (exact) mass is 628 g/mol. The largest absolute Gasteiger partial charge is 0.358 e. The number of amides is 2. The van der Waals surface area contributed by atoms with Gasteiger partial charge in [-0.15, -0.1) is 0 Å². The molecule has 4 aromatic rings. The number of likely N-dealkylation sites (N-methyl/N-ethyl adjacent to an activating group) is 1. The lowest BCUT2D eigenvalue weighted by Gasteiger charge is -2.18. The number of hydrogen-bond donors (Lipinski definition) is 3. The highest BCUT2D eigenvalue weighted by atomic mass is 32.2. The lowest BCUT2D eigenvalue weighted by molar-refractivity contribution is -0.110. The predicted molar refractivity (Wildman–Crippen MR) is 182 cm³/mol. The number of aromatic amines is 1. The summed E-state index contributed by atoms with van der Waals surface area (Å²) in [5.74, 6) is -0.582. The lowest BCUT2D eigenvalue weighted by atomic mass is 9.97. The number of halogens is 1. The average Bonchev–Trinajstić information content (AvgIpc) is 3.55. The van der Waals surface area contributed by atoms with Crippen LogP contribution in [0.4, 0.5) is 10.1 Å². The first kappa shape index (κ1) is 33.6. The number of carbonyl (C=O) groups is 2. The number of rotatable bonds is 11. The van der Waals surface area contributed by atoms with E-state index < -0.39 is 10.8 Å². The van der Waals surface area contributed by atoms with Gasteiger partial charge in [0.05, 0.1) is 27.7 Å². The molecule has 0 radical (unpaired) electrons. The number of benzene rings is 3. The van der Waals surface area contributed by atoms with Crippen LogP contribution in [0.15, 0.2) is 77.7 Å². The van der Waals surface area contributed by atoms with Crippen LogP contribution < -0.4 is 10.6 Å². The second-order valence-corrected chi connectivity index (χ2v) is 11.8. The molecule has 0 bridgehead atoms. The topological polar surface area (TPSA) is 94.3 Å². The zero-order valence-corrected chi connectivity index (χ0v) is 27.3. The minimum absolute atomic E-state index is 0.250. The summed E-state index contributed by atoms with van der Waals surface area (Å²) in [4.78, 5) is 32.8. The van der Waals surface area contributed by atoms with Gasteiger partial charge in [0, 0.05) is 46.2 Å². The summed E-state index contributed by atoms with van der Waals surface area (Å²) in [5.41, 5.74) is 5.43. The molecule has 1 aromatic heterocycles. The number of aryl methyl sites for hydroxylation is 1. The van der Waals surface area contributed by atoms with E-state index in [1.165, 1.54) is 12.1 Å². The number of nitrogens with one attached hydrogen (secondary N) is 3. The Morgan fingerprint density at radius 2 is 1.69 bits per heavy atom. The van der Waals surface area contributed by atoms with Crippen molar-refractivity contribution in [1.29, 1.82) is 0 Å². The highest BCUT2D eigenvalue weighted by molar-refractivity contribution is 7.84. The van der Waals surface area contributed by atoms with Crippen LogP contribution in [0.1, 0.15) is 60.6 Å². The molecule has 0 fully saturated rings. The zero-order valence-electron chi connectivity index (χ0n) is 26.5. The maximum absolute atomic E-state index is 13.9. The molecule has 45 heavy (non-hydrogen) atoms. The lowest BCUT2D eigenvalue weighted by Crippen LogP contribution is -2.35. The Bertz CT molecular complexity index is 1690. The van der Waals surface area contributed by atoms with E-state index in [-0.39, 0.29) is 17.6 Å². The van der Waals surface area contributed by atoms with Crippen molar-refractivity contribution in [3.05, 3.63) is 107 Å². The standard InChI is InChI=1S/C34H35FN4O3S.C2H6/c1-4-39(5-2)18-17-36-34(41)31-22(3)37-30(32(31)24-11-13-25(35)14-12-24)20-28-27-19-26(15-16-29(27)38-33(28)40)43(42)21-23-9-7-6-8-10-23;1-2/h6-16,19-20,37H,4-5,17-18,21H2,1-3H3,(H,36,41)(H,38,40);1-2H3/b28-20-;. The molecule has 2 heterocycles. The van der Waals surface area contributed by atoms with Crippen LogP contribution in [-0.4, -0.2) is 52.1 Å². The molecule has 1 atom stereocenters. The van der Waals surface area contributed by atoms with Crippen LogP contribution in [0, 0.1) is 12.7 Å². The maximum atomic E-state index is 13.9. The molecule has 2 amide bonds. The van der Waals surface area contributed by atoms with Crippen molar-refractivity contribution in [1.82, 2.24) is 15.2 Å². The van der Waals surface area contributed by atoms with Gasteiger partial charge >= 0.3 is 0 Å². The Labute approximate surface area is 267 Å². The summed E-state index contributed by atoms with van der Waals surface area (Å²) in [7, 11) is -1.32. The zero-order chi connectivity index (χ0) is 32.5. The van der Waals surface area contributed by atoms with Crippen LogP contribution in [0.2, 0.25) is 0 Å². The second-order valence-electron chi connectivity index (χ2n) is 10.4. The Morgan fingerprint density at radius 3 is 2.36 bits per heavy atom. The van der Waals surface area contributed by atoms with Crippen molar-refractivity contribution >= 4 is 40.0 Å². The molecule has 3 aromatic carbocycles. The Hall–Kier alpha value is -4.34. The van der Waals surface area contributed by atoms with Gasteiger partial charge in [-0.1, -0.05) is 70.2 Å². The van der Waals surface area contributed by atoms with Gasteiger partial charge in [-0.25, -0.2) is 4.39 Å². The highest BCUT2D eigenvalue weighted by Crippen LogP contribution is 2.38. The van der Waals surface area contributed by atoms with Crippen LogP contribution >= 0.6 is 0 Å². The molecule has 0 aliphatic carbocycles. The van der Waals surface area contributed by atoms with Gasteiger partial charge in [-0.05, 0) is 67.5 Å². The summed E-state index contributed by atoms with van der Waals surface area (Å²) in [6.45, 7) is 12.9. The van der Waals surface area contributed by atoms with Crippen molar-refractivity contribution in [3.8, 4) is 11.1 Å². The van der Waals surface area contributed by atoms with Crippen molar-refractivity contribution < 1.29 is 18.2 Å². The molecule has 1 aliphatic heterocycles. The molecule has 1 unspecified atom stereocenters. The van der Waals surface area contributed by atoms with E-state index in [2.05, 4.69) is 34.4 Å². The molecule has 236 valence electrons.